The number of nitrogens with one attached hydrogen (secondary N) is 1. The Morgan fingerprint density at radius 2 is 2.17 bits per heavy atom. The van der Waals surface area contributed by atoms with E-state index in [9.17, 15) is 14.9 Å². The number of halogens is 1. The first kappa shape index (κ1) is 24.5. The topological polar surface area (TPSA) is 138 Å². The molecule has 0 radical (unpaired) electrons. The van der Waals surface area contributed by atoms with Gasteiger partial charge in [-0.2, -0.15) is 5.26 Å². The number of carbonyl (C=O) groups is 2. The largest absolute Gasteiger partial charge is 0.384 e. The molecule has 2 aromatic heterocycles. The predicted octanol–water partition coefficient (Wildman–Crippen LogP) is 4.68. The van der Waals surface area contributed by atoms with E-state index in [0.29, 0.717) is 55.7 Å². The number of nitrogens with zero attached hydrogens (tertiary/aromatic N) is 5. The Morgan fingerprint density at radius 1 is 1.33 bits per heavy atom. The molecule has 0 saturated carbocycles. The molecule has 1 aromatic carbocycles. The van der Waals surface area contributed by atoms with E-state index in [-0.39, 0.29) is 28.8 Å². The van der Waals surface area contributed by atoms with Crippen LogP contribution in [-0.4, -0.2) is 32.6 Å². The van der Waals surface area contributed by atoms with Crippen LogP contribution < -0.4 is 16.0 Å². The summed E-state index contributed by atoms with van der Waals surface area (Å²) in [4.78, 5) is 31.1. The molecular formula is C23H18ClN7O2S3. The number of thiazole rings is 1. The summed E-state index contributed by atoms with van der Waals surface area (Å²) < 4.78 is 0.558. The maximum atomic E-state index is 13.2. The molecule has 3 heterocycles. The SMILES string of the molecule is N#CC1=C(N)N(c2nnc(SCC(=O)Nc3nccs3)s2)C2=C(C(=O)CCC2)C1c1ccccc1Cl. The third kappa shape index (κ3) is 4.62. The summed E-state index contributed by atoms with van der Waals surface area (Å²) in [6.07, 6.45) is 3.26. The molecule has 3 aromatic rings. The predicted molar refractivity (Wildman–Crippen MR) is 141 cm³/mol. The van der Waals surface area contributed by atoms with Gasteiger partial charge in [0.1, 0.15) is 5.82 Å². The Hall–Kier alpha value is -3.24. The molecule has 0 bridgehead atoms. The van der Waals surface area contributed by atoms with E-state index in [1.54, 1.807) is 28.6 Å². The van der Waals surface area contributed by atoms with E-state index in [0.717, 1.165) is 0 Å². The van der Waals surface area contributed by atoms with E-state index in [4.69, 9.17) is 17.3 Å². The van der Waals surface area contributed by atoms with Crippen molar-refractivity contribution in [2.45, 2.75) is 29.5 Å². The first-order valence-corrected chi connectivity index (χ1v) is 13.9. The van der Waals surface area contributed by atoms with E-state index in [1.165, 1.54) is 34.4 Å². The smallest absolute Gasteiger partial charge is 0.236 e. The Morgan fingerprint density at radius 3 is 2.92 bits per heavy atom. The van der Waals surface area contributed by atoms with E-state index in [2.05, 4.69) is 26.6 Å². The van der Waals surface area contributed by atoms with Crippen molar-refractivity contribution < 1.29 is 9.59 Å². The number of hydrogen-bond donors (Lipinski definition) is 2. The standard InChI is InChI=1S/C23H18ClN7O2S3/c24-14-5-2-1-4-12(14)18-13(10-25)20(26)31(15-6-3-7-16(32)19(15)18)22-29-30-23(36-22)35-11-17(33)28-21-27-8-9-34-21/h1-2,4-5,8-9,18H,3,6-7,11,26H2,(H,27,28,33). The van der Waals surface area contributed by atoms with E-state index in [1.807, 2.05) is 12.1 Å². The highest BCUT2D eigenvalue weighted by Gasteiger charge is 2.41. The Balaban J connectivity index is 1.47. The van der Waals surface area contributed by atoms with Crippen LogP contribution in [0.15, 0.2) is 62.8 Å². The highest BCUT2D eigenvalue weighted by atomic mass is 35.5. The van der Waals surface area contributed by atoms with Crippen LogP contribution in [-0.2, 0) is 9.59 Å². The number of Topliss-reactive ketones (excluding diaryl/α,β-unsaturated/α-hetero) is 1. The molecule has 0 saturated heterocycles. The fourth-order valence-electron chi connectivity index (χ4n) is 4.24. The molecule has 1 amide bonds. The number of hydrogen-bond acceptors (Lipinski definition) is 11. The van der Waals surface area contributed by atoms with Gasteiger partial charge in [0.2, 0.25) is 11.0 Å². The molecule has 0 spiro atoms. The molecule has 13 heteroatoms. The molecule has 1 atom stereocenters. The number of allylic oxidation sites excluding steroid dienone is 3. The molecule has 3 N–H and O–H groups in total. The number of anilines is 2. The number of benzene rings is 1. The lowest BCUT2D eigenvalue weighted by Crippen LogP contribution is -2.38. The van der Waals surface area contributed by atoms with Gasteiger partial charge in [-0.3, -0.25) is 14.5 Å². The van der Waals surface area contributed by atoms with Gasteiger partial charge >= 0.3 is 0 Å². The van der Waals surface area contributed by atoms with Crippen molar-refractivity contribution in [3.63, 3.8) is 0 Å². The van der Waals surface area contributed by atoms with Crippen molar-refractivity contribution in [2.24, 2.45) is 5.73 Å². The summed E-state index contributed by atoms with van der Waals surface area (Å²) in [7, 11) is 0. The zero-order valence-corrected chi connectivity index (χ0v) is 21.8. The number of rotatable bonds is 6. The van der Waals surface area contributed by atoms with Crippen molar-refractivity contribution in [3.8, 4) is 6.07 Å². The lowest BCUT2D eigenvalue weighted by Gasteiger charge is -2.38. The monoisotopic (exact) mass is 555 g/mol. The first-order chi connectivity index (χ1) is 17.5. The van der Waals surface area contributed by atoms with Gasteiger partial charge in [-0.05, 0) is 24.5 Å². The molecule has 2 aliphatic rings. The number of ketones is 1. The quantitative estimate of drug-likeness (QED) is 0.415. The van der Waals surface area contributed by atoms with Crippen LogP contribution in [0.1, 0.15) is 30.7 Å². The molecule has 182 valence electrons. The lowest BCUT2D eigenvalue weighted by molar-refractivity contribution is -0.116. The van der Waals surface area contributed by atoms with Crippen LogP contribution in [0, 0.1) is 11.3 Å². The summed E-state index contributed by atoms with van der Waals surface area (Å²) in [6.45, 7) is 0. The van der Waals surface area contributed by atoms with Crippen molar-refractivity contribution >= 4 is 68.0 Å². The van der Waals surface area contributed by atoms with Gasteiger partial charge in [-0.15, -0.1) is 21.5 Å². The molecule has 36 heavy (non-hydrogen) atoms. The van der Waals surface area contributed by atoms with Gasteiger partial charge in [-0.25, -0.2) is 4.98 Å². The number of amides is 1. The second-order valence-corrected chi connectivity index (χ2v) is 11.3. The van der Waals surface area contributed by atoms with Gasteiger partial charge in [0.25, 0.3) is 0 Å². The Bertz CT molecular complexity index is 1440. The first-order valence-electron chi connectivity index (χ1n) is 10.8. The van der Waals surface area contributed by atoms with E-state index >= 15 is 0 Å². The van der Waals surface area contributed by atoms with Gasteiger partial charge in [0.15, 0.2) is 15.3 Å². The summed E-state index contributed by atoms with van der Waals surface area (Å²) in [5.41, 5.74) is 8.70. The zero-order valence-electron chi connectivity index (χ0n) is 18.6. The highest BCUT2D eigenvalue weighted by Crippen LogP contribution is 2.48. The average molecular weight is 556 g/mol. The van der Waals surface area contributed by atoms with Crippen molar-refractivity contribution in [3.05, 3.63) is 69.1 Å². The molecule has 1 unspecified atom stereocenters. The molecule has 1 aliphatic heterocycles. The second kappa shape index (κ2) is 10.4. The molecule has 0 fully saturated rings. The Labute approximate surface area is 223 Å². The van der Waals surface area contributed by atoms with Crippen LogP contribution in [0.25, 0.3) is 0 Å². The third-order valence-electron chi connectivity index (χ3n) is 5.72. The van der Waals surface area contributed by atoms with Crippen LogP contribution >= 0.6 is 46.0 Å². The highest BCUT2D eigenvalue weighted by molar-refractivity contribution is 8.01. The second-order valence-electron chi connectivity index (χ2n) is 7.86. The third-order valence-corrected chi connectivity index (χ3v) is 8.80. The number of thioether (sulfide) groups is 1. The van der Waals surface area contributed by atoms with Crippen LogP contribution in [0.2, 0.25) is 5.02 Å². The van der Waals surface area contributed by atoms with Gasteiger partial charge < -0.3 is 11.1 Å². The maximum absolute atomic E-state index is 13.2. The minimum absolute atomic E-state index is 0.0376. The maximum Gasteiger partial charge on any atom is 0.236 e. The van der Waals surface area contributed by atoms with Gasteiger partial charge in [0, 0.05) is 34.3 Å². The van der Waals surface area contributed by atoms with E-state index < -0.39 is 5.92 Å². The summed E-state index contributed by atoms with van der Waals surface area (Å²) in [6, 6.07) is 9.39. The number of carbonyl (C=O) groups excluding carboxylic acids is 2. The average Bonchev–Trinajstić information content (AvgIpc) is 3.55. The summed E-state index contributed by atoms with van der Waals surface area (Å²) in [5.74, 6) is -0.556. The van der Waals surface area contributed by atoms with Gasteiger partial charge in [0.05, 0.1) is 23.3 Å². The number of nitriles is 1. The normalized spacial score (nSPS) is 17.7. The number of aromatic nitrogens is 3. The van der Waals surface area contributed by atoms with Crippen molar-refractivity contribution in [1.29, 1.82) is 5.26 Å². The summed E-state index contributed by atoms with van der Waals surface area (Å²) in [5, 5.41) is 24.5. The fourth-order valence-corrected chi connectivity index (χ4v) is 6.71. The zero-order chi connectivity index (χ0) is 25.2. The van der Waals surface area contributed by atoms with Crippen molar-refractivity contribution in [1.82, 2.24) is 15.2 Å². The molecule has 1 aliphatic carbocycles. The molecule has 5 rings (SSSR count). The van der Waals surface area contributed by atoms with Crippen LogP contribution in [0.4, 0.5) is 10.3 Å². The van der Waals surface area contributed by atoms with Gasteiger partial charge in [-0.1, -0.05) is 52.9 Å². The summed E-state index contributed by atoms with van der Waals surface area (Å²) >= 11 is 10.3. The minimum atomic E-state index is -0.640. The number of nitrogens with two attached hydrogens (primary N) is 1. The van der Waals surface area contributed by atoms with Crippen LogP contribution in [0.3, 0.4) is 0 Å². The fraction of sp³-hybridized carbons (Fsp3) is 0.217. The molecule has 9 nitrogen and oxygen atoms in total. The van der Waals surface area contributed by atoms with Crippen LogP contribution in [0.5, 0.6) is 0 Å². The lowest BCUT2D eigenvalue weighted by atomic mass is 9.76. The minimum Gasteiger partial charge on any atom is -0.384 e. The Kier molecular flexibility index (Phi) is 7.06. The van der Waals surface area contributed by atoms with Crippen molar-refractivity contribution in [2.75, 3.05) is 16.0 Å². The molecular weight excluding hydrogens is 538 g/mol.